The second kappa shape index (κ2) is 26.7. The second-order valence-corrected chi connectivity index (χ2v) is 20.0. The van der Waals surface area contributed by atoms with Crippen LogP contribution in [-0.4, -0.2) is 176 Å². The van der Waals surface area contributed by atoms with E-state index in [4.69, 9.17) is 37.9 Å². The monoisotopic (exact) mass is 985 g/mol. The molecule has 3 aliphatic heterocycles. The predicted octanol–water partition coefficient (Wildman–Crippen LogP) is 5.07. The lowest BCUT2D eigenvalue weighted by molar-refractivity contribution is -0.344. The first-order valence-electron chi connectivity index (χ1n) is 25.0. The number of likely N-dealkylation sites (N-methyl/N-ethyl adjacent to an activating group) is 2. The SMILES string of the molecule is CCC(=O)O[C@@H]1CC(=O)OCCC(C/C=C/c2ccc3ccccc3c2)CN(C)C[C@H](O)[C@H](C)C[C@H](CC=O)[C@H](O[C@@H]2OC(C)[C@@H](O[C@H]3CC(C)(O)[C@@H](OC(=O)CC)C(C)O3)C(N(C)C)C2O)[C@H]1OC. The van der Waals surface area contributed by atoms with Gasteiger partial charge >= 0.3 is 17.9 Å². The van der Waals surface area contributed by atoms with Crippen LogP contribution in [0.25, 0.3) is 16.8 Å². The molecule has 17 heteroatoms. The van der Waals surface area contributed by atoms with E-state index in [9.17, 15) is 34.5 Å². The predicted molar refractivity (Wildman–Crippen MR) is 261 cm³/mol. The van der Waals surface area contributed by atoms with E-state index >= 15 is 0 Å². The minimum atomic E-state index is -1.50. The minimum absolute atomic E-state index is 0.00620. The number of hydrogen-bond donors (Lipinski definition) is 3. The van der Waals surface area contributed by atoms with Gasteiger partial charge in [-0.2, -0.15) is 0 Å². The van der Waals surface area contributed by atoms with Gasteiger partial charge in [-0.3, -0.25) is 14.4 Å². The number of aliphatic hydroxyl groups is 3. The summed E-state index contributed by atoms with van der Waals surface area (Å²) >= 11 is 0. The topological polar surface area (TPSA) is 209 Å². The van der Waals surface area contributed by atoms with Crippen LogP contribution in [0.2, 0.25) is 0 Å². The number of rotatable bonds is 15. The zero-order valence-electron chi connectivity index (χ0n) is 42.8. The van der Waals surface area contributed by atoms with Crippen molar-refractivity contribution in [2.24, 2.45) is 17.8 Å². The summed E-state index contributed by atoms with van der Waals surface area (Å²) in [5, 5.41) is 37.7. The molecule has 6 unspecified atom stereocenters. The normalized spacial score (nSPS) is 35.6. The third kappa shape index (κ3) is 15.6. The lowest BCUT2D eigenvalue weighted by atomic mass is 9.82. The molecule has 16 atom stereocenters. The Hall–Kier alpha value is -3.88. The number of benzene rings is 2. The molecule has 0 saturated carbocycles. The molecular formula is C53H80N2O15. The fourth-order valence-electron chi connectivity index (χ4n) is 10.2. The van der Waals surface area contributed by atoms with Crippen molar-refractivity contribution < 1.29 is 72.4 Å². The highest BCUT2D eigenvalue weighted by molar-refractivity contribution is 5.84. The van der Waals surface area contributed by atoms with Crippen molar-refractivity contribution in [2.75, 3.05) is 47.9 Å². The Labute approximate surface area is 414 Å². The molecule has 0 spiro atoms. The maximum absolute atomic E-state index is 13.8. The first kappa shape index (κ1) is 57.0. The summed E-state index contributed by atoms with van der Waals surface area (Å²) in [6.07, 6.45) is -5.42. The number of aldehydes is 1. The van der Waals surface area contributed by atoms with Crippen LogP contribution >= 0.6 is 0 Å². The molecule has 70 heavy (non-hydrogen) atoms. The highest BCUT2D eigenvalue weighted by Gasteiger charge is 2.53. The van der Waals surface area contributed by atoms with Crippen molar-refractivity contribution in [3.8, 4) is 0 Å². The van der Waals surface area contributed by atoms with Crippen LogP contribution in [-0.2, 0) is 57.1 Å². The largest absolute Gasteiger partial charge is 0.466 e. The lowest BCUT2D eigenvalue weighted by Gasteiger charge is -2.50. The number of ether oxygens (including phenoxy) is 8. The van der Waals surface area contributed by atoms with E-state index in [1.54, 1.807) is 53.6 Å². The molecule has 0 radical (unpaired) electrons. The van der Waals surface area contributed by atoms with Gasteiger partial charge in [0, 0.05) is 45.9 Å². The Balaban J connectivity index is 1.40. The molecule has 2 aromatic carbocycles. The third-order valence-electron chi connectivity index (χ3n) is 14.0. The molecule has 3 saturated heterocycles. The van der Waals surface area contributed by atoms with E-state index < -0.39 is 109 Å². The molecular weight excluding hydrogens is 905 g/mol. The molecule has 17 nitrogen and oxygen atoms in total. The first-order chi connectivity index (χ1) is 33.3. The summed E-state index contributed by atoms with van der Waals surface area (Å²) in [4.78, 5) is 55.5. The molecule has 0 aliphatic carbocycles. The Bertz CT molecular complexity index is 2020. The van der Waals surface area contributed by atoms with Crippen molar-refractivity contribution in [3.63, 3.8) is 0 Å². The molecule has 3 aliphatic rings. The van der Waals surface area contributed by atoms with Crippen molar-refractivity contribution in [3.05, 3.63) is 54.1 Å². The molecule has 3 heterocycles. The zero-order valence-corrected chi connectivity index (χ0v) is 42.8. The van der Waals surface area contributed by atoms with E-state index in [-0.39, 0.29) is 50.5 Å². The van der Waals surface area contributed by atoms with Crippen molar-refractivity contribution in [1.29, 1.82) is 0 Å². The fraction of sp³-hybridized carbons (Fsp3) is 0.698. The average molecular weight is 985 g/mol. The van der Waals surface area contributed by atoms with Crippen molar-refractivity contribution in [1.82, 2.24) is 9.80 Å². The van der Waals surface area contributed by atoms with Crippen LogP contribution in [0.1, 0.15) is 98.5 Å². The smallest absolute Gasteiger partial charge is 0.309 e. The van der Waals surface area contributed by atoms with Crippen LogP contribution < -0.4 is 0 Å². The van der Waals surface area contributed by atoms with Crippen LogP contribution in [0, 0.1) is 17.8 Å². The van der Waals surface area contributed by atoms with Crippen LogP contribution in [0.15, 0.2) is 48.5 Å². The Morgan fingerprint density at radius 1 is 0.914 bits per heavy atom. The summed E-state index contributed by atoms with van der Waals surface area (Å²) in [6, 6.07) is 13.7. The van der Waals surface area contributed by atoms with Crippen LogP contribution in [0.4, 0.5) is 0 Å². The number of nitrogens with zero attached hydrogens (tertiary/aromatic N) is 2. The molecule has 3 N–H and O–H groups in total. The van der Waals surface area contributed by atoms with Gasteiger partial charge in [-0.25, -0.2) is 0 Å². The zero-order chi connectivity index (χ0) is 51.3. The molecule has 0 bridgehead atoms. The van der Waals surface area contributed by atoms with Gasteiger partial charge in [-0.05, 0) is 101 Å². The third-order valence-corrected chi connectivity index (χ3v) is 14.0. The Morgan fingerprint density at radius 2 is 1.61 bits per heavy atom. The van der Waals surface area contributed by atoms with Crippen LogP contribution in [0.3, 0.4) is 0 Å². The fourth-order valence-corrected chi connectivity index (χ4v) is 10.2. The average Bonchev–Trinajstić information content (AvgIpc) is 3.30. The summed E-state index contributed by atoms with van der Waals surface area (Å²) in [6.45, 7) is 11.2. The van der Waals surface area contributed by atoms with Crippen LogP contribution in [0.5, 0.6) is 0 Å². The molecule has 3 fully saturated rings. The quantitative estimate of drug-likeness (QED) is 0.121. The van der Waals surface area contributed by atoms with Gasteiger partial charge in [-0.1, -0.05) is 69.3 Å². The van der Waals surface area contributed by atoms with E-state index in [1.165, 1.54) is 7.11 Å². The molecule has 0 amide bonds. The van der Waals surface area contributed by atoms with Gasteiger partial charge in [0.2, 0.25) is 0 Å². The number of cyclic esters (lactones) is 1. The molecule has 5 rings (SSSR count). The van der Waals surface area contributed by atoms with Gasteiger partial charge in [0.25, 0.3) is 0 Å². The maximum atomic E-state index is 13.8. The number of β-amino-alcohol motifs (C(OH)–C–C–N with tert-alkyl or cyclic N) is 1. The molecule has 0 aromatic heterocycles. The number of carbonyl (C=O) groups excluding carboxylic acids is 4. The first-order valence-corrected chi connectivity index (χ1v) is 25.0. The lowest BCUT2D eigenvalue weighted by Crippen LogP contribution is -2.66. The standard InChI is InChI=1S/C53H80N2O15/c1-11-42(58)67-41-28-44(60)64-25-23-36(17-15-16-35-20-21-37-18-13-14-19-38(37)27-35)30-55(9)31-40(57)32(3)26-39(22-24-56)49(50(41)63-10)70-52-47(61)46(54(7)8)48(33(4)66-52)69-45-29-53(6,62)51(34(5)65-45)68-43(59)12-2/h13-16,18-21,24,27,32-34,36,39-41,45-52,57,61-62H,11-12,17,22-23,25-26,28-31H2,1-10H3/b16-15+/t32-,33?,34?,36?,39+,40+,41-,45+,46?,47?,48-,49+,50+,51+,52+,53?/m1/s1. The summed E-state index contributed by atoms with van der Waals surface area (Å²) in [5.74, 6) is -2.73. The highest BCUT2D eigenvalue weighted by Crippen LogP contribution is 2.38. The molecule has 2 aromatic rings. The van der Waals surface area contributed by atoms with Gasteiger partial charge < -0.3 is 67.8 Å². The van der Waals surface area contributed by atoms with Gasteiger partial charge in [-0.15, -0.1) is 0 Å². The Morgan fingerprint density at radius 3 is 2.27 bits per heavy atom. The number of allylic oxidation sites excluding steroid dienone is 1. The van der Waals surface area contributed by atoms with Crippen molar-refractivity contribution in [2.45, 2.75) is 172 Å². The number of carbonyl (C=O) groups is 4. The highest BCUT2D eigenvalue weighted by atomic mass is 16.7. The maximum Gasteiger partial charge on any atom is 0.309 e. The summed E-state index contributed by atoms with van der Waals surface area (Å²) < 4.78 is 49.3. The number of methoxy groups -OCH3 is 1. The molecule has 392 valence electrons. The summed E-state index contributed by atoms with van der Waals surface area (Å²) in [7, 11) is 6.85. The number of fused-ring (bicyclic) bond motifs is 1. The second-order valence-electron chi connectivity index (χ2n) is 20.0. The minimum Gasteiger partial charge on any atom is -0.466 e. The number of esters is 3. The van der Waals surface area contributed by atoms with E-state index in [1.807, 2.05) is 26.1 Å². The number of hydrogen-bond acceptors (Lipinski definition) is 17. The van der Waals surface area contributed by atoms with Crippen molar-refractivity contribution >= 4 is 41.0 Å². The van der Waals surface area contributed by atoms with Gasteiger partial charge in [0.05, 0.1) is 43.5 Å². The van der Waals surface area contributed by atoms with Gasteiger partial charge in [0.15, 0.2) is 18.7 Å². The van der Waals surface area contributed by atoms with Gasteiger partial charge in [0.1, 0.15) is 36.3 Å². The van der Waals surface area contributed by atoms with E-state index in [0.29, 0.717) is 25.9 Å². The summed E-state index contributed by atoms with van der Waals surface area (Å²) in [5.41, 5.74) is -0.428. The number of aliphatic hydroxyl groups excluding tert-OH is 2. The Kier molecular flexibility index (Phi) is 21.8. The van der Waals surface area contributed by atoms with E-state index in [2.05, 4.69) is 47.4 Å². The van der Waals surface area contributed by atoms with E-state index in [0.717, 1.165) is 22.6 Å².